The van der Waals surface area contributed by atoms with Crippen LogP contribution in [0.15, 0.2) is 16.7 Å². The van der Waals surface area contributed by atoms with Crippen LogP contribution in [0.25, 0.3) is 0 Å². The molecule has 6 nitrogen and oxygen atoms in total. The van der Waals surface area contributed by atoms with Gasteiger partial charge in [0, 0.05) is 0 Å². The van der Waals surface area contributed by atoms with E-state index in [2.05, 4.69) is 4.90 Å². The van der Waals surface area contributed by atoms with Gasteiger partial charge in [-0.25, -0.2) is 4.79 Å². The maximum Gasteiger partial charge on any atom is 0.341 e. The van der Waals surface area contributed by atoms with Gasteiger partial charge in [0.2, 0.25) is 0 Å². The van der Waals surface area contributed by atoms with E-state index in [0.29, 0.717) is 31.1 Å². The fraction of sp³-hybridized carbons (Fsp3) is 0.625. The number of carbonyl (C=O) groups is 2. The van der Waals surface area contributed by atoms with Gasteiger partial charge >= 0.3 is 11.9 Å². The second-order valence-electron chi connectivity index (χ2n) is 5.28. The minimum Gasteiger partial charge on any atom is -0.467 e. The molecule has 0 unspecified atom stereocenters. The molecule has 0 bridgehead atoms. The van der Waals surface area contributed by atoms with E-state index < -0.39 is 0 Å². The van der Waals surface area contributed by atoms with Gasteiger partial charge in [-0.2, -0.15) is 0 Å². The van der Waals surface area contributed by atoms with E-state index in [1.807, 2.05) is 6.92 Å². The number of esters is 2. The van der Waals surface area contributed by atoms with E-state index in [0.717, 1.165) is 25.9 Å². The van der Waals surface area contributed by atoms with Gasteiger partial charge in [-0.15, -0.1) is 0 Å². The smallest absolute Gasteiger partial charge is 0.341 e. The average Bonchev–Trinajstić information content (AvgIpc) is 2.97. The molecule has 0 radical (unpaired) electrons. The van der Waals surface area contributed by atoms with Crippen LogP contribution in [0, 0.1) is 5.92 Å². The van der Waals surface area contributed by atoms with Crippen molar-refractivity contribution < 1.29 is 23.5 Å². The van der Waals surface area contributed by atoms with Crippen molar-refractivity contribution in [3.05, 3.63) is 23.7 Å². The first-order chi connectivity index (χ1) is 10.7. The van der Waals surface area contributed by atoms with Crippen LogP contribution in [0.4, 0.5) is 0 Å². The molecule has 1 aromatic rings. The molecule has 2 heterocycles. The van der Waals surface area contributed by atoms with E-state index in [9.17, 15) is 9.59 Å². The first-order valence-electron chi connectivity index (χ1n) is 7.78. The van der Waals surface area contributed by atoms with Crippen molar-refractivity contribution in [3.8, 4) is 0 Å². The van der Waals surface area contributed by atoms with Crippen LogP contribution in [-0.2, 0) is 20.8 Å². The molecule has 1 fully saturated rings. The lowest BCUT2D eigenvalue weighted by molar-refractivity contribution is -0.149. The standard InChI is InChI=1S/C16H23NO5/c1-3-20-15(18)12-5-8-17(9-6-12)11-14-13(7-10-22-14)16(19)21-4-2/h7,10,12H,3-6,8-9,11H2,1-2H3. The maximum absolute atomic E-state index is 11.8. The number of hydrogen-bond donors (Lipinski definition) is 0. The second-order valence-corrected chi connectivity index (χ2v) is 5.28. The molecule has 0 spiro atoms. The van der Waals surface area contributed by atoms with Crippen molar-refractivity contribution in [2.24, 2.45) is 5.92 Å². The summed E-state index contributed by atoms with van der Waals surface area (Å²) in [5.41, 5.74) is 0.481. The normalized spacial score (nSPS) is 16.5. The zero-order chi connectivity index (χ0) is 15.9. The van der Waals surface area contributed by atoms with E-state index in [-0.39, 0.29) is 17.9 Å². The summed E-state index contributed by atoms with van der Waals surface area (Å²) < 4.78 is 15.5. The predicted molar refractivity (Wildman–Crippen MR) is 79.3 cm³/mol. The number of ether oxygens (including phenoxy) is 2. The van der Waals surface area contributed by atoms with Gasteiger partial charge in [-0.05, 0) is 45.8 Å². The molecule has 0 aromatic carbocycles. The first-order valence-corrected chi connectivity index (χ1v) is 7.78. The summed E-state index contributed by atoms with van der Waals surface area (Å²) in [6.45, 7) is 6.48. The third-order valence-electron chi connectivity index (χ3n) is 3.82. The average molecular weight is 309 g/mol. The number of likely N-dealkylation sites (tertiary alicyclic amines) is 1. The third kappa shape index (κ3) is 4.10. The predicted octanol–water partition coefficient (Wildman–Crippen LogP) is 2.23. The van der Waals surface area contributed by atoms with Crippen LogP contribution in [0.2, 0.25) is 0 Å². The van der Waals surface area contributed by atoms with E-state index in [1.165, 1.54) is 6.26 Å². The monoisotopic (exact) mass is 309 g/mol. The molecule has 0 atom stereocenters. The minimum absolute atomic E-state index is 0.0164. The van der Waals surface area contributed by atoms with Gasteiger partial charge in [0.1, 0.15) is 11.3 Å². The zero-order valence-electron chi connectivity index (χ0n) is 13.2. The highest BCUT2D eigenvalue weighted by Gasteiger charge is 2.27. The quantitative estimate of drug-likeness (QED) is 0.751. The van der Waals surface area contributed by atoms with Gasteiger partial charge in [-0.1, -0.05) is 0 Å². The van der Waals surface area contributed by atoms with Crippen LogP contribution in [0.1, 0.15) is 42.8 Å². The molecule has 1 saturated heterocycles. The molecule has 0 saturated carbocycles. The van der Waals surface area contributed by atoms with Crippen LogP contribution >= 0.6 is 0 Å². The lowest BCUT2D eigenvalue weighted by Gasteiger charge is -2.30. The summed E-state index contributed by atoms with van der Waals surface area (Å²) in [5, 5.41) is 0. The highest BCUT2D eigenvalue weighted by Crippen LogP contribution is 2.22. The molecule has 2 rings (SSSR count). The molecule has 6 heteroatoms. The van der Waals surface area contributed by atoms with Gasteiger partial charge in [0.05, 0.1) is 31.9 Å². The van der Waals surface area contributed by atoms with Gasteiger partial charge in [-0.3, -0.25) is 9.69 Å². The number of rotatable bonds is 6. The number of piperidine rings is 1. The highest BCUT2D eigenvalue weighted by molar-refractivity contribution is 5.90. The van der Waals surface area contributed by atoms with Gasteiger partial charge in [0.25, 0.3) is 0 Å². The fourth-order valence-electron chi connectivity index (χ4n) is 2.64. The summed E-state index contributed by atoms with van der Waals surface area (Å²) in [6.07, 6.45) is 3.05. The van der Waals surface area contributed by atoms with Crippen LogP contribution in [0.5, 0.6) is 0 Å². The number of furan rings is 1. The number of hydrogen-bond acceptors (Lipinski definition) is 6. The van der Waals surface area contributed by atoms with Crippen LogP contribution < -0.4 is 0 Å². The van der Waals surface area contributed by atoms with E-state index in [4.69, 9.17) is 13.9 Å². The van der Waals surface area contributed by atoms with Crippen molar-refractivity contribution >= 4 is 11.9 Å². The van der Waals surface area contributed by atoms with E-state index >= 15 is 0 Å². The highest BCUT2D eigenvalue weighted by atomic mass is 16.5. The lowest BCUT2D eigenvalue weighted by atomic mass is 9.97. The Morgan fingerprint density at radius 1 is 1.23 bits per heavy atom. The Kier molecular flexibility index (Phi) is 6.00. The molecule has 0 N–H and O–H groups in total. The molecule has 1 aromatic heterocycles. The Bertz CT molecular complexity index is 502. The summed E-state index contributed by atoms with van der Waals surface area (Å²) in [6, 6.07) is 1.64. The Balaban J connectivity index is 1.88. The maximum atomic E-state index is 11.8. The Hall–Kier alpha value is -1.82. The SMILES string of the molecule is CCOC(=O)c1ccoc1CN1CCC(C(=O)OCC)CC1. The van der Waals surface area contributed by atoms with Crippen LogP contribution in [0.3, 0.4) is 0 Å². The number of nitrogens with zero attached hydrogens (tertiary/aromatic N) is 1. The van der Waals surface area contributed by atoms with Crippen molar-refractivity contribution in [1.29, 1.82) is 0 Å². The minimum atomic E-state index is -0.354. The Morgan fingerprint density at radius 2 is 1.91 bits per heavy atom. The zero-order valence-corrected chi connectivity index (χ0v) is 13.2. The number of carbonyl (C=O) groups excluding carboxylic acids is 2. The third-order valence-corrected chi connectivity index (χ3v) is 3.82. The van der Waals surface area contributed by atoms with Crippen LogP contribution in [-0.4, -0.2) is 43.1 Å². The fourth-order valence-corrected chi connectivity index (χ4v) is 2.64. The molecule has 0 aliphatic carbocycles. The molecule has 122 valence electrons. The first kappa shape index (κ1) is 16.5. The summed E-state index contributed by atoms with van der Waals surface area (Å²) in [4.78, 5) is 25.7. The largest absolute Gasteiger partial charge is 0.467 e. The van der Waals surface area contributed by atoms with Gasteiger partial charge < -0.3 is 13.9 Å². The lowest BCUT2D eigenvalue weighted by Crippen LogP contribution is -2.36. The molecule has 22 heavy (non-hydrogen) atoms. The topological polar surface area (TPSA) is 69.0 Å². The van der Waals surface area contributed by atoms with Gasteiger partial charge in [0.15, 0.2) is 0 Å². The summed E-state index contributed by atoms with van der Waals surface area (Å²) in [7, 11) is 0. The van der Waals surface area contributed by atoms with Crippen molar-refractivity contribution in [3.63, 3.8) is 0 Å². The molecule has 1 aliphatic heterocycles. The van der Waals surface area contributed by atoms with Crippen molar-refractivity contribution in [2.45, 2.75) is 33.2 Å². The Morgan fingerprint density at radius 3 is 2.55 bits per heavy atom. The molecule has 0 amide bonds. The molecular formula is C16H23NO5. The van der Waals surface area contributed by atoms with Crippen molar-refractivity contribution in [1.82, 2.24) is 4.90 Å². The van der Waals surface area contributed by atoms with Crippen molar-refractivity contribution in [2.75, 3.05) is 26.3 Å². The van der Waals surface area contributed by atoms with E-state index in [1.54, 1.807) is 13.0 Å². The second kappa shape index (κ2) is 7.98. The Labute approximate surface area is 130 Å². The molecular weight excluding hydrogens is 286 g/mol. The summed E-state index contributed by atoms with van der Waals surface area (Å²) in [5.74, 6) is 0.144. The molecule has 1 aliphatic rings. The summed E-state index contributed by atoms with van der Waals surface area (Å²) >= 11 is 0.